The van der Waals surface area contributed by atoms with E-state index in [0.29, 0.717) is 80.9 Å². The van der Waals surface area contributed by atoms with E-state index in [1.807, 2.05) is 48.2 Å². The van der Waals surface area contributed by atoms with E-state index in [4.69, 9.17) is 9.47 Å². The van der Waals surface area contributed by atoms with Crippen LogP contribution in [-0.4, -0.2) is 90.4 Å². The second-order valence-electron chi connectivity index (χ2n) is 10.8. The molecule has 45 heavy (non-hydrogen) atoms. The van der Waals surface area contributed by atoms with Crippen molar-refractivity contribution < 1.29 is 24.2 Å². The Bertz CT molecular complexity index is 1830. The lowest BCUT2D eigenvalue weighted by Gasteiger charge is -2.36. The summed E-state index contributed by atoms with van der Waals surface area (Å²) in [6, 6.07) is 9.64. The molecule has 0 aliphatic carbocycles. The molecule has 2 aliphatic rings. The number of carboxylic acid groups (broad SMARTS) is 1. The average Bonchev–Trinajstić information content (AvgIpc) is 3.52. The summed E-state index contributed by atoms with van der Waals surface area (Å²) in [5.74, 6) is -0.443. The molecule has 0 radical (unpaired) electrons. The molecule has 3 aromatic heterocycles. The van der Waals surface area contributed by atoms with Crippen LogP contribution in [0.3, 0.4) is 0 Å². The van der Waals surface area contributed by atoms with Gasteiger partial charge < -0.3 is 28.9 Å². The summed E-state index contributed by atoms with van der Waals surface area (Å²) >= 11 is 0. The van der Waals surface area contributed by atoms with Gasteiger partial charge in [0.25, 0.3) is 11.5 Å². The molecule has 1 aromatic carbocycles. The predicted octanol–water partition coefficient (Wildman–Crippen LogP) is 1.98. The second-order valence-corrected chi connectivity index (χ2v) is 10.8. The Hall–Kier alpha value is -5.11. The highest BCUT2D eigenvalue weighted by atomic mass is 16.5. The summed E-state index contributed by atoms with van der Waals surface area (Å²) in [4.78, 5) is 56.3. The quantitative estimate of drug-likeness (QED) is 0.294. The van der Waals surface area contributed by atoms with Gasteiger partial charge in [-0.2, -0.15) is 9.50 Å². The third-order valence-electron chi connectivity index (χ3n) is 8.00. The molecule has 14 heteroatoms. The summed E-state index contributed by atoms with van der Waals surface area (Å²) in [5.41, 5.74) is 3.09. The molecular weight excluding hydrogens is 580 g/mol. The van der Waals surface area contributed by atoms with E-state index in [-0.39, 0.29) is 36.1 Å². The van der Waals surface area contributed by atoms with Crippen molar-refractivity contribution in [2.24, 2.45) is 0 Å². The van der Waals surface area contributed by atoms with Crippen LogP contribution in [0.4, 0.5) is 5.69 Å². The first kappa shape index (κ1) is 29.9. The summed E-state index contributed by atoms with van der Waals surface area (Å²) in [6.45, 7) is 5.81. The van der Waals surface area contributed by atoms with Gasteiger partial charge in [-0.25, -0.2) is 9.97 Å². The number of rotatable bonds is 9. The molecule has 1 amide bonds. The second kappa shape index (κ2) is 12.9. The molecule has 1 N–H and O–H groups in total. The first-order valence-electron chi connectivity index (χ1n) is 14.9. The number of carboxylic acids is 1. The van der Waals surface area contributed by atoms with Crippen molar-refractivity contribution in [3.05, 3.63) is 81.6 Å². The van der Waals surface area contributed by atoms with Gasteiger partial charge in [-0.1, -0.05) is 43.3 Å². The molecule has 234 valence electrons. The molecule has 1 saturated heterocycles. The Morgan fingerprint density at radius 2 is 1.87 bits per heavy atom. The van der Waals surface area contributed by atoms with Gasteiger partial charge in [-0.05, 0) is 30.9 Å². The van der Waals surface area contributed by atoms with E-state index in [2.05, 4.69) is 20.1 Å². The molecule has 5 heterocycles. The van der Waals surface area contributed by atoms with Crippen molar-refractivity contribution in [2.45, 2.75) is 39.8 Å². The van der Waals surface area contributed by atoms with Crippen molar-refractivity contribution in [3.63, 3.8) is 0 Å². The van der Waals surface area contributed by atoms with Gasteiger partial charge in [0.15, 0.2) is 17.3 Å². The minimum absolute atomic E-state index is 0.182. The molecule has 0 spiro atoms. The van der Waals surface area contributed by atoms with Crippen LogP contribution in [0, 0.1) is 6.92 Å². The highest BCUT2D eigenvalue weighted by molar-refractivity contribution is 5.95. The Labute approximate surface area is 258 Å². The number of ether oxygens (including phenoxy) is 2. The van der Waals surface area contributed by atoms with Crippen LogP contribution in [0.15, 0.2) is 47.5 Å². The molecule has 6 rings (SSSR count). The van der Waals surface area contributed by atoms with Gasteiger partial charge in [0.1, 0.15) is 25.2 Å². The lowest BCUT2D eigenvalue weighted by atomic mass is 10.1. The van der Waals surface area contributed by atoms with E-state index in [1.165, 1.54) is 10.8 Å². The normalized spacial score (nSPS) is 15.3. The fraction of sp³-hybridized carbons (Fsp3) is 0.387. The summed E-state index contributed by atoms with van der Waals surface area (Å²) in [7, 11) is 0. The van der Waals surface area contributed by atoms with Crippen LogP contribution >= 0.6 is 0 Å². The van der Waals surface area contributed by atoms with Gasteiger partial charge in [-0.15, -0.1) is 5.10 Å². The van der Waals surface area contributed by atoms with E-state index in [1.54, 1.807) is 16.4 Å². The highest BCUT2D eigenvalue weighted by Gasteiger charge is 2.31. The van der Waals surface area contributed by atoms with Crippen LogP contribution in [0.5, 0.6) is 5.75 Å². The lowest BCUT2D eigenvalue weighted by molar-refractivity contribution is -0.137. The maximum Gasteiger partial charge on any atom is 0.323 e. The minimum atomic E-state index is -1.06. The fourth-order valence-corrected chi connectivity index (χ4v) is 5.73. The van der Waals surface area contributed by atoms with Crippen LogP contribution < -0.4 is 15.2 Å². The zero-order chi connectivity index (χ0) is 31.5. The van der Waals surface area contributed by atoms with Gasteiger partial charge >= 0.3 is 5.97 Å². The number of piperazine rings is 1. The lowest BCUT2D eigenvalue weighted by Crippen LogP contribution is -2.51. The average molecular weight is 615 g/mol. The number of hydrogen-bond donors (Lipinski definition) is 1. The van der Waals surface area contributed by atoms with Crippen molar-refractivity contribution in [2.75, 3.05) is 44.3 Å². The molecule has 1 fully saturated rings. The number of carbonyl (C=O) groups is 2. The number of carbonyl (C=O) groups excluding carboxylic acids is 1. The Balaban J connectivity index is 1.27. The SMILES string of the molecule is CCc1c(N2CCN(C(=O)c3ncnc(C)c3OCc3ccccc3)CC2)c(=O)n2nc(C3=CCOCC3)nc2n1CC(=O)O. The van der Waals surface area contributed by atoms with Crippen molar-refractivity contribution in [1.29, 1.82) is 0 Å². The Morgan fingerprint density at radius 1 is 1.09 bits per heavy atom. The molecule has 14 nitrogen and oxygen atoms in total. The number of aromatic nitrogens is 6. The van der Waals surface area contributed by atoms with Crippen molar-refractivity contribution in [3.8, 4) is 5.75 Å². The fourth-order valence-electron chi connectivity index (χ4n) is 5.73. The topological polar surface area (TPSA) is 157 Å². The summed E-state index contributed by atoms with van der Waals surface area (Å²) < 4.78 is 14.2. The number of aliphatic carboxylic acids is 1. The summed E-state index contributed by atoms with van der Waals surface area (Å²) in [5, 5.41) is 14.3. The predicted molar refractivity (Wildman–Crippen MR) is 163 cm³/mol. The number of anilines is 1. The van der Waals surface area contributed by atoms with Crippen molar-refractivity contribution in [1.82, 2.24) is 34.0 Å². The first-order valence-corrected chi connectivity index (χ1v) is 14.9. The van der Waals surface area contributed by atoms with E-state index in [9.17, 15) is 19.5 Å². The van der Waals surface area contributed by atoms with E-state index >= 15 is 0 Å². The van der Waals surface area contributed by atoms with Gasteiger partial charge in [0, 0.05) is 26.2 Å². The maximum atomic E-state index is 13.9. The molecule has 0 bridgehead atoms. The molecular formula is C31H34N8O6. The third kappa shape index (κ3) is 6.00. The molecule has 4 aromatic rings. The Morgan fingerprint density at radius 3 is 2.56 bits per heavy atom. The minimum Gasteiger partial charge on any atom is -0.485 e. The number of hydrogen-bond acceptors (Lipinski definition) is 10. The third-order valence-corrected chi connectivity index (χ3v) is 8.00. The van der Waals surface area contributed by atoms with E-state index in [0.717, 1.165) is 11.1 Å². The molecule has 0 saturated carbocycles. The van der Waals surface area contributed by atoms with Crippen LogP contribution in [0.1, 0.15) is 46.6 Å². The first-order chi connectivity index (χ1) is 21.9. The largest absolute Gasteiger partial charge is 0.485 e. The number of benzene rings is 1. The number of fused-ring (bicyclic) bond motifs is 1. The zero-order valence-corrected chi connectivity index (χ0v) is 25.2. The van der Waals surface area contributed by atoms with E-state index < -0.39 is 5.97 Å². The number of aryl methyl sites for hydroxylation is 1. The highest BCUT2D eigenvalue weighted by Crippen LogP contribution is 2.26. The maximum absolute atomic E-state index is 13.9. The van der Waals surface area contributed by atoms with Gasteiger partial charge in [0.2, 0.25) is 5.78 Å². The van der Waals surface area contributed by atoms with Gasteiger partial charge in [0.05, 0.1) is 24.6 Å². The Kier molecular flexibility index (Phi) is 8.56. The molecule has 2 aliphatic heterocycles. The molecule has 0 unspecified atom stereocenters. The standard InChI is InChI=1S/C31H34N8O6/c1-3-23-26(30(43)39-31(38(23)17-24(40)41)34-28(35-39)22-9-15-44-16-10-22)36-11-13-37(14-12-36)29(42)25-27(20(2)32-19-33-25)45-18-21-7-5-4-6-8-21/h4-9,19H,3,10-18H2,1-2H3,(H,40,41). The van der Waals surface area contributed by atoms with Crippen LogP contribution in [0.25, 0.3) is 11.4 Å². The van der Waals surface area contributed by atoms with Gasteiger partial charge in [-0.3, -0.25) is 14.4 Å². The number of nitrogens with zero attached hydrogens (tertiary/aromatic N) is 8. The monoisotopic (exact) mass is 614 g/mol. The molecule has 0 atom stereocenters. The summed E-state index contributed by atoms with van der Waals surface area (Å²) in [6.07, 6.45) is 4.22. The zero-order valence-electron chi connectivity index (χ0n) is 25.2. The van der Waals surface area contributed by atoms with Crippen LogP contribution in [0.2, 0.25) is 0 Å². The smallest absolute Gasteiger partial charge is 0.323 e. The number of amides is 1. The van der Waals surface area contributed by atoms with Crippen LogP contribution in [-0.2, 0) is 29.1 Å². The van der Waals surface area contributed by atoms with Crippen molar-refractivity contribution >= 4 is 28.9 Å².